The van der Waals surface area contributed by atoms with Crippen molar-refractivity contribution in [2.75, 3.05) is 19.0 Å². The summed E-state index contributed by atoms with van der Waals surface area (Å²) in [6.45, 7) is 0.148. The lowest BCUT2D eigenvalue weighted by atomic mass is 10.1. The van der Waals surface area contributed by atoms with Crippen LogP contribution in [0.15, 0.2) is 47.4 Å². The Hall–Kier alpha value is -3.05. The van der Waals surface area contributed by atoms with E-state index in [9.17, 15) is 27.9 Å². The van der Waals surface area contributed by atoms with E-state index in [1.54, 1.807) is 18.2 Å². The van der Waals surface area contributed by atoms with Gasteiger partial charge in [0.2, 0.25) is 5.91 Å². The maximum Gasteiger partial charge on any atom is 0.418 e. The number of aromatic hydroxyl groups is 1. The lowest BCUT2D eigenvalue weighted by Gasteiger charge is -2.15. The molecule has 1 heterocycles. The minimum atomic E-state index is -4.58. The number of carbonyl (C=O) groups excluding carboxylic acids is 2. The van der Waals surface area contributed by atoms with Gasteiger partial charge >= 0.3 is 6.18 Å². The van der Waals surface area contributed by atoms with Crippen LogP contribution in [0, 0.1) is 0 Å². The third-order valence-corrected chi connectivity index (χ3v) is 6.05. The predicted molar refractivity (Wildman–Crippen MR) is 124 cm³/mol. The number of carbonyl (C=O) groups is 2. The number of hydrogen-bond donors (Lipinski definition) is 2. The number of alkyl halides is 3. The number of anilines is 1. The summed E-state index contributed by atoms with van der Waals surface area (Å²) in [4.78, 5) is 26.6. The number of phenolic OH excluding ortho intramolecular Hbond substituents is 1. The Kier molecular flexibility index (Phi) is 7.65. The number of thiocarbonyl (C=S) groups is 1. The number of halogens is 3. The van der Waals surface area contributed by atoms with E-state index >= 15 is 0 Å². The van der Waals surface area contributed by atoms with Gasteiger partial charge in [-0.3, -0.25) is 14.5 Å². The molecular formula is C22H19F3N2O4S2. The van der Waals surface area contributed by atoms with Crippen molar-refractivity contribution >= 4 is 51.9 Å². The van der Waals surface area contributed by atoms with E-state index in [4.69, 9.17) is 17.0 Å². The van der Waals surface area contributed by atoms with Crippen molar-refractivity contribution in [2.24, 2.45) is 0 Å². The molecule has 1 aliphatic heterocycles. The van der Waals surface area contributed by atoms with E-state index in [1.165, 1.54) is 36.3 Å². The predicted octanol–water partition coefficient (Wildman–Crippen LogP) is 5.04. The summed E-state index contributed by atoms with van der Waals surface area (Å²) in [5.41, 5.74) is -0.605. The van der Waals surface area contributed by atoms with Crippen molar-refractivity contribution in [1.82, 2.24) is 4.90 Å². The summed E-state index contributed by atoms with van der Waals surface area (Å²) in [6.07, 6.45) is -2.84. The van der Waals surface area contributed by atoms with Crippen LogP contribution in [0.3, 0.4) is 0 Å². The van der Waals surface area contributed by atoms with Crippen LogP contribution in [0.25, 0.3) is 6.08 Å². The van der Waals surface area contributed by atoms with Gasteiger partial charge in [0, 0.05) is 13.0 Å². The Morgan fingerprint density at radius 1 is 1.27 bits per heavy atom. The number of benzene rings is 2. The Bertz CT molecular complexity index is 1120. The van der Waals surface area contributed by atoms with Crippen LogP contribution < -0.4 is 10.1 Å². The molecule has 2 N–H and O–H groups in total. The number of hydrogen-bond acceptors (Lipinski definition) is 6. The third kappa shape index (κ3) is 6.05. The van der Waals surface area contributed by atoms with Crippen LogP contribution >= 0.6 is 24.0 Å². The number of rotatable bonds is 7. The lowest BCUT2D eigenvalue weighted by Crippen LogP contribution is -2.29. The van der Waals surface area contributed by atoms with Gasteiger partial charge in [-0.25, -0.2) is 0 Å². The minimum absolute atomic E-state index is 0.0293. The highest BCUT2D eigenvalue weighted by Crippen LogP contribution is 2.36. The molecule has 1 fully saturated rings. The quantitative estimate of drug-likeness (QED) is 0.413. The Morgan fingerprint density at radius 2 is 2.00 bits per heavy atom. The second-order valence-corrected chi connectivity index (χ2v) is 8.64. The van der Waals surface area contributed by atoms with Crippen molar-refractivity contribution in [2.45, 2.75) is 19.0 Å². The number of thioether (sulfide) groups is 1. The second kappa shape index (κ2) is 10.3. The molecule has 0 radical (unpaired) electrons. The number of amides is 2. The number of nitrogens with zero attached hydrogens (tertiary/aromatic N) is 1. The van der Waals surface area contributed by atoms with Crippen LogP contribution in [-0.2, 0) is 15.8 Å². The van der Waals surface area contributed by atoms with Gasteiger partial charge in [0.05, 0.1) is 23.3 Å². The van der Waals surface area contributed by atoms with Crippen molar-refractivity contribution in [3.05, 3.63) is 58.5 Å². The molecule has 0 unspecified atom stereocenters. The summed E-state index contributed by atoms with van der Waals surface area (Å²) in [6, 6.07) is 9.37. The molecule has 33 heavy (non-hydrogen) atoms. The smallest absolute Gasteiger partial charge is 0.418 e. The number of nitrogens with one attached hydrogen (secondary N) is 1. The van der Waals surface area contributed by atoms with E-state index in [1.807, 2.05) is 0 Å². The van der Waals surface area contributed by atoms with Gasteiger partial charge < -0.3 is 15.2 Å². The second-order valence-electron chi connectivity index (χ2n) is 6.96. The summed E-state index contributed by atoms with van der Waals surface area (Å²) in [5, 5.41) is 12.0. The molecule has 0 spiro atoms. The highest BCUT2D eigenvalue weighted by atomic mass is 32.2. The fraction of sp³-hybridized carbons (Fsp3) is 0.227. The van der Waals surface area contributed by atoms with Gasteiger partial charge in [0.15, 0.2) is 11.5 Å². The summed E-state index contributed by atoms with van der Waals surface area (Å²) in [7, 11) is 1.41. The number of ether oxygens (including phenoxy) is 1. The van der Waals surface area contributed by atoms with Crippen LogP contribution in [-0.4, -0.2) is 39.8 Å². The van der Waals surface area contributed by atoms with Gasteiger partial charge in [-0.2, -0.15) is 13.2 Å². The first-order valence-corrected chi connectivity index (χ1v) is 10.9. The van der Waals surface area contributed by atoms with E-state index < -0.39 is 17.6 Å². The van der Waals surface area contributed by atoms with Gasteiger partial charge in [-0.05, 0) is 42.3 Å². The standard InChI is InChI=1S/C22H19F3N2O4S2/c1-31-17-11-13(8-9-16(17)28)12-18-20(30)27(21(32)33-18)10-4-7-19(29)26-15-6-3-2-5-14(15)22(23,24)25/h2-3,5-6,8-9,11-12,28H,4,7,10H2,1H3,(H,26,29)/b18-12-. The Labute approximate surface area is 197 Å². The molecule has 0 aromatic heterocycles. The summed E-state index contributed by atoms with van der Waals surface area (Å²) >= 11 is 6.36. The molecule has 1 saturated heterocycles. The SMILES string of the molecule is COc1cc(/C=C2\SC(=S)N(CCCC(=O)Nc3ccccc3C(F)(F)F)C2=O)ccc1O. The van der Waals surface area contributed by atoms with Crippen molar-refractivity contribution in [3.63, 3.8) is 0 Å². The zero-order valence-corrected chi connectivity index (χ0v) is 18.9. The topological polar surface area (TPSA) is 78.9 Å². The van der Waals surface area contributed by atoms with Gasteiger partial charge in [-0.1, -0.05) is 42.2 Å². The van der Waals surface area contributed by atoms with E-state index in [-0.39, 0.29) is 42.5 Å². The van der Waals surface area contributed by atoms with Gasteiger partial charge in [-0.15, -0.1) is 0 Å². The maximum atomic E-state index is 13.1. The van der Waals surface area contributed by atoms with Gasteiger partial charge in [0.25, 0.3) is 5.91 Å². The number of methoxy groups -OCH3 is 1. The van der Waals surface area contributed by atoms with Crippen LogP contribution in [0.4, 0.5) is 18.9 Å². The minimum Gasteiger partial charge on any atom is -0.504 e. The molecule has 6 nitrogen and oxygen atoms in total. The van der Waals surface area contributed by atoms with Crippen molar-refractivity contribution < 1.29 is 32.6 Å². The largest absolute Gasteiger partial charge is 0.504 e. The zero-order valence-electron chi connectivity index (χ0n) is 17.3. The molecule has 11 heteroatoms. The average molecular weight is 497 g/mol. The van der Waals surface area contributed by atoms with E-state index in [2.05, 4.69) is 5.32 Å². The van der Waals surface area contributed by atoms with Crippen LogP contribution in [0.5, 0.6) is 11.5 Å². The molecule has 2 aromatic carbocycles. The highest BCUT2D eigenvalue weighted by Gasteiger charge is 2.34. The lowest BCUT2D eigenvalue weighted by molar-refractivity contribution is -0.137. The van der Waals surface area contributed by atoms with Crippen LogP contribution in [0.2, 0.25) is 0 Å². The Morgan fingerprint density at radius 3 is 2.70 bits per heavy atom. The van der Waals surface area contributed by atoms with Gasteiger partial charge in [0.1, 0.15) is 4.32 Å². The number of para-hydroxylation sites is 1. The van der Waals surface area contributed by atoms with E-state index in [0.717, 1.165) is 17.8 Å². The molecule has 0 saturated carbocycles. The molecule has 0 bridgehead atoms. The monoisotopic (exact) mass is 496 g/mol. The number of phenols is 1. The first-order valence-electron chi connectivity index (χ1n) is 9.68. The maximum absolute atomic E-state index is 13.1. The summed E-state index contributed by atoms with van der Waals surface area (Å²) < 4.78 is 44.6. The van der Waals surface area contributed by atoms with E-state index in [0.29, 0.717) is 14.8 Å². The average Bonchev–Trinajstić information content (AvgIpc) is 3.02. The molecule has 0 aliphatic carbocycles. The van der Waals surface area contributed by atoms with Crippen molar-refractivity contribution in [1.29, 1.82) is 0 Å². The van der Waals surface area contributed by atoms with Crippen LogP contribution in [0.1, 0.15) is 24.0 Å². The molecule has 0 atom stereocenters. The first kappa shape index (κ1) is 24.6. The molecule has 1 aliphatic rings. The molecule has 3 rings (SSSR count). The molecule has 174 valence electrons. The molecule has 2 aromatic rings. The normalized spacial score (nSPS) is 15.3. The Balaban J connectivity index is 1.59. The molecular weight excluding hydrogens is 477 g/mol. The fourth-order valence-corrected chi connectivity index (χ4v) is 4.39. The first-order chi connectivity index (χ1) is 15.6. The highest BCUT2D eigenvalue weighted by molar-refractivity contribution is 8.26. The zero-order chi connectivity index (χ0) is 24.2. The van der Waals surface area contributed by atoms with Crippen molar-refractivity contribution in [3.8, 4) is 11.5 Å². The summed E-state index contributed by atoms with van der Waals surface area (Å²) in [5.74, 6) is -0.695. The third-order valence-electron chi connectivity index (χ3n) is 4.67. The molecule has 2 amide bonds. The fourth-order valence-electron chi connectivity index (χ4n) is 3.08.